The number of hydrogen-bond acceptors (Lipinski definition) is 3. The first kappa shape index (κ1) is 17.6. The van der Waals surface area contributed by atoms with E-state index in [4.69, 9.17) is 4.98 Å². The number of aromatic nitrogens is 1. The highest BCUT2D eigenvalue weighted by Gasteiger charge is 2.24. The molecule has 1 aromatic heterocycles. The summed E-state index contributed by atoms with van der Waals surface area (Å²) in [6, 6.07) is 16.8. The molecule has 4 nitrogen and oxygen atoms in total. The summed E-state index contributed by atoms with van der Waals surface area (Å²) in [5, 5.41) is 0. The van der Waals surface area contributed by atoms with E-state index in [1.807, 2.05) is 20.2 Å². The number of pyridine rings is 1. The Morgan fingerprint density at radius 2 is 1.96 bits per heavy atom. The second kappa shape index (κ2) is 8.26. The second-order valence-corrected chi connectivity index (χ2v) is 7.08. The summed E-state index contributed by atoms with van der Waals surface area (Å²) in [6.45, 7) is 2.42. The molecule has 1 saturated heterocycles. The van der Waals surface area contributed by atoms with Crippen molar-refractivity contribution in [3.05, 3.63) is 65.5 Å². The minimum atomic E-state index is 0.173. The highest BCUT2D eigenvalue weighted by molar-refractivity contribution is 5.77. The lowest BCUT2D eigenvalue weighted by Crippen LogP contribution is -2.41. The molecule has 25 heavy (non-hydrogen) atoms. The third-order valence-electron chi connectivity index (χ3n) is 4.84. The fraction of sp³-hybridized carbons (Fsp3) is 0.429. The van der Waals surface area contributed by atoms with Gasteiger partial charge in [-0.25, -0.2) is 0 Å². The van der Waals surface area contributed by atoms with E-state index in [9.17, 15) is 4.79 Å². The average molecular weight is 337 g/mol. The molecule has 0 N–H and O–H groups in total. The smallest absolute Gasteiger partial charge is 0.236 e. The number of likely N-dealkylation sites (N-methyl/N-ethyl adjacent to an activating group) is 1. The van der Waals surface area contributed by atoms with Gasteiger partial charge in [0.1, 0.15) is 0 Å². The van der Waals surface area contributed by atoms with Crippen molar-refractivity contribution < 1.29 is 4.79 Å². The van der Waals surface area contributed by atoms with E-state index in [1.54, 1.807) is 4.90 Å². The van der Waals surface area contributed by atoms with Gasteiger partial charge in [-0.2, -0.15) is 0 Å². The van der Waals surface area contributed by atoms with E-state index in [0.29, 0.717) is 12.5 Å². The van der Waals surface area contributed by atoms with E-state index in [1.165, 1.54) is 5.56 Å². The maximum absolute atomic E-state index is 12.0. The number of carbonyl (C=O) groups is 1. The van der Waals surface area contributed by atoms with Crippen LogP contribution in [0.15, 0.2) is 48.5 Å². The molecule has 0 spiro atoms. The van der Waals surface area contributed by atoms with Crippen molar-refractivity contribution in [2.45, 2.75) is 25.2 Å². The minimum Gasteiger partial charge on any atom is -0.348 e. The largest absolute Gasteiger partial charge is 0.348 e. The van der Waals surface area contributed by atoms with Crippen LogP contribution in [0.2, 0.25) is 0 Å². The predicted molar refractivity (Wildman–Crippen MR) is 101 cm³/mol. The van der Waals surface area contributed by atoms with Crippen molar-refractivity contribution in [2.24, 2.45) is 0 Å². The van der Waals surface area contributed by atoms with Gasteiger partial charge in [0, 0.05) is 44.4 Å². The van der Waals surface area contributed by atoms with Gasteiger partial charge in [-0.1, -0.05) is 36.4 Å². The van der Waals surface area contributed by atoms with Crippen LogP contribution in [0.1, 0.15) is 35.7 Å². The van der Waals surface area contributed by atoms with Gasteiger partial charge in [0.2, 0.25) is 5.91 Å². The second-order valence-electron chi connectivity index (χ2n) is 7.08. The monoisotopic (exact) mass is 337 g/mol. The molecule has 3 rings (SSSR count). The number of hydrogen-bond donors (Lipinski definition) is 0. The Morgan fingerprint density at radius 1 is 1.16 bits per heavy atom. The molecule has 1 aromatic carbocycles. The Kier molecular flexibility index (Phi) is 5.82. The van der Waals surface area contributed by atoms with Crippen LogP contribution in [0, 0.1) is 0 Å². The Morgan fingerprint density at radius 3 is 2.72 bits per heavy atom. The van der Waals surface area contributed by atoms with Crippen LogP contribution in [-0.4, -0.2) is 54.4 Å². The predicted octanol–water partition coefficient (Wildman–Crippen LogP) is 2.94. The molecule has 0 radical (unpaired) electrons. The summed E-state index contributed by atoms with van der Waals surface area (Å²) in [6.07, 6.45) is 3.13. The van der Waals surface area contributed by atoms with E-state index < -0.39 is 0 Å². The van der Waals surface area contributed by atoms with Crippen LogP contribution < -0.4 is 0 Å². The number of likely N-dealkylation sites (tertiary alicyclic amines) is 1. The third kappa shape index (κ3) is 4.89. The summed E-state index contributed by atoms with van der Waals surface area (Å²) in [5.41, 5.74) is 3.56. The fourth-order valence-corrected chi connectivity index (χ4v) is 3.40. The van der Waals surface area contributed by atoms with Crippen molar-refractivity contribution >= 4 is 5.91 Å². The summed E-state index contributed by atoms with van der Waals surface area (Å²) in [7, 11) is 3.64. The molecule has 2 heterocycles. The van der Waals surface area contributed by atoms with E-state index in [-0.39, 0.29) is 5.91 Å². The van der Waals surface area contributed by atoms with Crippen LogP contribution in [0.4, 0.5) is 0 Å². The van der Waals surface area contributed by atoms with E-state index in [0.717, 1.165) is 43.7 Å². The summed E-state index contributed by atoms with van der Waals surface area (Å²) < 4.78 is 0. The zero-order valence-corrected chi connectivity index (χ0v) is 15.2. The number of carbonyl (C=O) groups excluding carboxylic acids is 1. The van der Waals surface area contributed by atoms with E-state index in [2.05, 4.69) is 47.4 Å². The maximum atomic E-state index is 12.0. The zero-order chi connectivity index (χ0) is 17.6. The summed E-state index contributed by atoms with van der Waals surface area (Å²) in [4.78, 5) is 20.8. The highest BCUT2D eigenvalue weighted by atomic mass is 16.2. The number of benzene rings is 1. The molecule has 1 aliphatic rings. The van der Waals surface area contributed by atoms with Crippen molar-refractivity contribution in [1.82, 2.24) is 14.8 Å². The highest BCUT2D eigenvalue weighted by Crippen LogP contribution is 2.26. The molecule has 2 aromatic rings. The average Bonchev–Trinajstić information content (AvgIpc) is 2.63. The van der Waals surface area contributed by atoms with Crippen molar-refractivity contribution in [2.75, 3.05) is 33.7 Å². The lowest BCUT2D eigenvalue weighted by molar-refractivity contribution is -0.130. The molecule has 1 aliphatic heterocycles. The van der Waals surface area contributed by atoms with Crippen molar-refractivity contribution in [1.29, 1.82) is 0 Å². The first-order chi connectivity index (χ1) is 12.1. The molecule has 0 aliphatic carbocycles. The lowest BCUT2D eigenvalue weighted by Gasteiger charge is -2.32. The minimum absolute atomic E-state index is 0.173. The van der Waals surface area contributed by atoms with Gasteiger partial charge in [0.25, 0.3) is 0 Å². The van der Waals surface area contributed by atoms with Gasteiger partial charge in [0.15, 0.2) is 0 Å². The molecular weight excluding hydrogens is 310 g/mol. The van der Waals surface area contributed by atoms with Gasteiger partial charge >= 0.3 is 0 Å². The number of piperidine rings is 1. The third-order valence-corrected chi connectivity index (χ3v) is 4.84. The van der Waals surface area contributed by atoms with Crippen LogP contribution in [0.5, 0.6) is 0 Å². The molecule has 0 bridgehead atoms. The van der Waals surface area contributed by atoms with Gasteiger partial charge in [-0.15, -0.1) is 0 Å². The SMILES string of the molecule is CN(C)C(=O)CN1CCC[C@@H](c2cccc(Cc3ccccc3)n2)C1. The fourth-order valence-electron chi connectivity index (χ4n) is 3.40. The van der Waals surface area contributed by atoms with Gasteiger partial charge in [-0.05, 0) is 37.1 Å². The molecule has 0 unspecified atom stereocenters. The standard InChI is InChI=1S/C21H27N3O/c1-23(2)21(25)16-24-13-7-10-18(15-24)20-12-6-11-19(22-20)14-17-8-4-3-5-9-17/h3-6,8-9,11-12,18H,7,10,13-16H2,1-2H3/t18-/m1/s1. The summed E-state index contributed by atoms with van der Waals surface area (Å²) >= 11 is 0. The van der Waals surface area contributed by atoms with Crippen LogP contribution in [0.25, 0.3) is 0 Å². The topological polar surface area (TPSA) is 36.4 Å². The lowest BCUT2D eigenvalue weighted by atomic mass is 9.94. The van der Waals surface area contributed by atoms with Crippen LogP contribution in [0.3, 0.4) is 0 Å². The van der Waals surface area contributed by atoms with Gasteiger partial charge < -0.3 is 4.90 Å². The first-order valence-corrected chi connectivity index (χ1v) is 9.04. The Labute approximate surface area is 150 Å². The van der Waals surface area contributed by atoms with Crippen LogP contribution in [-0.2, 0) is 11.2 Å². The number of rotatable bonds is 5. The molecular formula is C21H27N3O. The van der Waals surface area contributed by atoms with Gasteiger partial charge in [-0.3, -0.25) is 14.7 Å². The Balaban J connectivity index is 1.67. The first-order valence-electron chi connectivity index (χ1n) is 9.04. The quantitative estimate of drug-likeness (QED) is 0.842. The molecule has 1 amide bonds. The molecule has 1 atom stereocenters. The van der Waals surface area contributed by atoms with Crippen molar-refractivity contribution in [3.8, 4) is 0 Å². The molecule has 1 fully saturated rings. The number of nitrogens with zero attached hydrogens (tertiary/aromatic N) is 3. The normalized spacial score (nSPS) is 18.1. The van der Waals surface area contributed by atoms with Crippen LogP contribution >= 0.6 is 0 Å². The summed E-state index contributed by atoms with van der Waals surface area (Å²) in [5.74, 6) is 0.589. The van der Waals surface area contributed by atoms with E-state index >= 15 is 0 Å². The zero-order valence-electron chi connectivity index (χ0n) is 15.2. The Hall–Kier alpha value is -2.20. The molecule has 132 valence electrons. The Bertz CT molecular complexity index is 699. The number of amides is 1. The maximum Gasteiger partial charge on any atom is 0.236 e. The van der Waals surface area contributed by atoms with Gasteiger partial charge in [0.05, 0.1) is 6.54 Å². The molecule has 4 heteroatoms. The molecule has 0 saturated carbocycles. The van der Waals surface area contributed by atoms with Crippen molar-refractivity contribution in [3.63, 3.8) is 0 Å².